The van der Waals surface area contributed by atoms with Gasteiger partial charge in [0.25, 0.3) is 0 Å². The fraction of sp³-hybridized carbons (Fsp3) is 0.150. The van der Waals surface area contributed by atoms with Crippen LogP contribution < -0.4 is 4.90 Å². The molecule has 0 atom stereocenters. The summed E-state index contributed by atoms with van der Waals surface area (Å²) in [4.78, 5) is 6.16. The molecule has 0 aliphatic carbocycles. The van der Waals surface area contributed by atoms with Crippen molar-refractivity contribution in [3.05, 3.63) is 90.3 Å². The molecular formula is C20H18F2N2. The van der Waals surface area contributed by atoms with Gasteiger partial charge in [-0.15, -0.1) is 0 Å². The Hall–Kier alpha value is -2.75. The van der Waals surface area contributed by atoms with Crippen molar-refractivity contribution in [2.24, 2.45) is 0 Å². The van der Waals surface area contributed by atoms with E-state index in [1.54, 1.807) is 36.7 Å². The lowest BCUT2D eigenvalue weighted by Crippen LogP contribution is -2.19. The van der Waals surface area contributed by atoms with Crippen molar-refractivity contribution >= 4 is 11.4 Å². The minimum atomic E-state index is -0.256. The van der Waals surface area contributed by atoms with Gasteiger partial charge in [0.1, 0.15) is 11.6 Å². The number of hydrogen-bond acceptors (Lipinski definition) is 2. The molecule has 0 saturated heterocycles. The molecule has 0 fully saturated rings. The zero-order valence-corrected chi connectivity index (χ0v) is 13.2. The molecule has 24 heavy (non-hydrogen) atoms. The number of halogens is 2. The number of anilines is 2. The zero-order chi connectivity index (χ0) is 16.8. The molecule has 1 aromatic heterocycles. The van der Waals surface area contributed by atoms with Crippen molar-refractivity contribution in [1.29, 1.82) is 0 Å². The molecule has 0 aliphatic heterocycles. The Kier molecular flexibility index (Phi) is 5.16. The molecule has 0 N–H and O–H groups in total. The standard InChI is InChI=1S/C20H18F2N2/c21-17-6-8-19(9-7-17)24(20-10-12-23-13-11-20)14-2-4-16-3-1-5-18(22)15-16/h1,3,5-13,15H,2,4,14H2. The molecule has 0 aliphatic rings. The molecule has 0 saturated carbocycles. The van der Waals surface area contributed by atoms with Gasteiger partial charge in [-0.1, -0.05) is 12.1 Å². The van der Waals surface area contributed by atoms with Crippen molar-refractivity contribution in [2.45, 2.75) is 12.8 Å². The summed E-state index contributed by atoms with van der Waals surface area (Å²) in [5.74, 6) is -0.467. The van der Waals surface area contributed by atoms with Crippen LogP contribution >= 0.6 is 0 Å². The third kappa shape index (κ3) is 4.16. The largest absolute Gasteiger partial charge is 0.341 e. The lowest BCUT2D eigenvalue weighted by molar-refractivity contribution is 0.624. The molecule has 0 bridgehead atoms. The first-order chi connectivity index (χ1) is 11.7. The quantitative estimate of drug-likeness (QED) is 0.625. The topological polar surface area (TPSA) is 16.1 Å². The molecule has 4 heteroatoms. The van der Waals surface area contributed by atoms with E-state index in [1.807, 2.05) is 18.2 Å². The van der Waals surface area contributed by atoms with Crippen LogP contribution in [0.2, 0.25) is 0 Å². The molecule has 0 radical (unpaired) electrons. The highest BCUT2D eigenvalue weighted by Gasteiger charge is 2.09. The summed E-state index contributed by atoms with van der Waals surface area (Å²) in [5, 5.41) is 0. The van der Waals surface area contributed by atoms with Gasteiger partial charge < -0.3 is 4.90 Å². The molecule has 0 amide bonds. The second kappa shape index (κ2) is 7.68. The third-order valence-corrected chi connectivity index (χ3v) is 3.85. The maximum Gasteiger partial charge on any atom is 0.123 e. The Morgan fingerprint density at radius 1 is 0.792 bits per heavy atom. The second-order valence-electron chi connectivity index (χ2n) is 5.57. The fourth-order valence-electron chi connectivity index (χ4n) is 2.69. The Morgan fingerprint density at radius 2 is 1.50 bits per heavy atom. The summed E-state index contributed by atoms with van der Waals surface area (Å²) in [6.45, 7) is 0.742. The number of benzene rings is 2. The number of nitrogens with zero attached hydrogens (tertiary/aromatic N) is 2. The van der Waals surface area contributed by atoms with Crippen LogP contribution in [0.5, 0.6) is 0 Å². The van der Waals surface area contributed by atoms with Crippen LogP contribution in [0.3, 0.4) is 0 Å². The summed E-state index contributed by atoms with van der Waals surface area (Å²) in [7, 11) is 0. The summed E-state index contributed by atoms with van der Waals surface area (Å²) in [5.41, 5.74) is 2.89. The molecule has 1 heterocycles. The zero-order valence-electron chi connectivity index (χ0n) is 13.2. The van der Waals surface area contributed by atoms with Crippen molar-refractivity contribution in [3.63, 3.8) is 0 Å². The highest BCUT2D eigenvalue weighted by molar-refractivity contribution is 5.62. The average molecular weight is 324 g/mol. The van der Waals surface area contributed by atoms with Crippen LogP contribution in [0.25, 0.3) is 0 Å². The van der Waals surface area contributed by atoms with Crippen LogP contribution in [-0.4, -0.2) is 11.5 Å². The smallest absolute Gasteiger partial charge is 0.123 e. The van der Waals surface area contributed by atoms with Crippen LogP contribution in [0.1, 0.15) is 12.0 Å². The molecule has 2 aromatic carbocycles. The Balaban J connectivity index is 1.74. The van der Waals surface area contributed by atoms with Gasteiger partial charge in [0.05, 0.1) is 0 Å². The van der Waals surface area contributed by atoms with E-state index in [1.165, 1.54) is 18.2 Å². The van der Waals surface area contributed by atoms with E-state index in [0.29, 0.717) is 0 Å². The number of hydrogen-bond donors (Lipinski definition) is 0. The molecule has 3 rings (SSSR count). The Morgan fingerprint density at radius 3 is 2.21 bits per heavy atom. The monoisotopic (exact) mass is 324 g/mol. The molecule has 3 aromatic rings. The van der Waals surface area contributed by atoms with E-state index in [2.05, 4.69) is 9.88 Å². The summed E-state index contributed by atoms with van der Waals surface area (Å²) >= 11 is 0. The summed E-state index contributed by atoms with van der Waals surface area (Å²) in [6, 6.07) is 16.9. The first kappa shape index (κ1) is 16.1. The van der Waals surface area contributed by atoms with Crippen LogP contribution in [0, 0.1) is 11.6 Å². The Bertz CT molecular complexity index is 773. The highest BCUT2D eigenvalue weighted by Crippen LogP contribution is 2.25. The minimum Gasteiger partial charge on any atom is -0.341 e. The SMILES string of the molecule is Fc1ccc(N(CCCc2cccc(F)c2)c2ccncc2)cc1. The molecule has 0 unspecified atom stereocenters. The number of aromatic nitrogens is 1. The van der Waals surface area contributed by atoms with Crippen LogP contribution in [0.15, 0.2) is 73.1 Å². The highest BCUT2D eigenvalue weighted by atomic mass is 19.1. The number of rotatable bonds is 6. The lowest BCUT2D eigenvalue weighted by Gasteiger charge is -2.25. The van der Waals surface area contributed by atoms with E-state index in [4.69, 9.17) is 0 Å². The normalized spacial score (nSPS) is 10.6. The van der Waals surface area contributed by atoms with Gasteiger partial charge in [0.2, 0.25) is 0 Å². The second-order valence-corrected chi connectivity index (χ2v) is 5.57. The van der Waals surface area contributed by atoms with Gasteiger partial charge >= 0.3 is 0 Å². The van der Waals surface area contributed by atoms with Gasteiger partial charge in [0.15, 0.2) is 0 Å². The predicted octanol–water partition coefficient (Wildman–Crippen LogP) is 5.13. The molecule has 0 spiro atoms. The maximum absolute atomic E-state index is 13.3. The number of aryl methyl sites for hydroxylation is 1. The fourth-order valence-corrected chi connectivity index (χ4v) is 2.69. The first-order valence-corrected chi connectivity index (χ1v) is 7.90. The van der Waals surface area contributed by atoms with Gasteiger partial charge in [0, 0.05) is 30.3 Å². The van der Waals surface area contributed by atoms with Gasteiger partial charge in [-0.3, -0.25) is 4.98 Å². The van der Waals surface area contributed by atoms with E-state index < -0.39 is 0 Å². The van der Waals surface area contributed by atoms with E-state index in [0.717, 1.165) is 36.3 Å². The number of pyridine rings is 1. The molecule has 2 nitrogen and oxygen atoms in total. The van der Waals surface area contributed by atoms with E-state index in [-0.39, 0.29) is 11.6 Å². The molecule has 122 valence electrons. The summed E-state index contributed by atoms with van der Waals surface area (Å²) in [6.07, 6.45) is 5.10. The van der Waals surface area contributed by atoms with Crippen molar-refractivity contribution in [3.8, 4) is 0 Å². The van der Waals surface area contributed by atoms with E-state index in [9.17, 15) is 8.78 Å². The first-order valence-electron chi connectivity index (χ1n) is 7.90. The van der Waals surface area contributed by atoms with Gasteiger partial charge in [-0.25, -0.2) is 8.78 Å². The minimum absolute atomic E-state index is 0.211. The maximum atomic E-state index is 13.3. The Labute approximate surface area is 140 Å². The lowest BCUT2D eigenvalue weighted by atomic mass is 10.1. The van der Waals surface area contributed by atoms with E-state index >= 15 is 0 Å². The van der Waals surface area contributed by atoms with Gasteiger partial charge in [-0.2, -0.15) is 0 Å². The summed E-state index contributed by atoms with van der Waals surface area (Å²) < 4.78 is 26.5. The average Bonchev–Trinajstić information content (AvgIpc) is 2.61. The van der Waals surface area contributed by atoms with Crippen molar-refractivity contribution in [2.75, 3.05) is 11.4 Å². The predicted molar refractivity (Wildman–Crippen MR) is 92.4 cm³/mol. The van der Waals surface area contributed by atoms with Crippen molar-refractivity contribution in [1.82, 2.24) is 4.98 Å². The molecular weight excluding hydrogens is 306 g/mol. The third-order valence-electron chi connectivity index (χ3n) is 3.85. The van der Waals surface area contributed by atoms with Crippen molar-refractivity contribution < 1.29 is 8.78 Å². The van der Waals surface area contributed by atoms with Gasteiger partial charge in [-0.05, 0) is 66.9 Å². The van der Waals surface area contributed by atoms with Crippen LogP contribution in [0.4, 0.5) is 20.2 Å². The van der Waals surface area contributed by atoms with Crippen LogP contribution in [-0.2, 0) is 6.42 Å².